The number of nitrogens with one attached hydrogen (secondary N) is 2. The van der Waals surface area contributed by atoms with Gasteiger partial charge in [-0.3, -0.25) is 14.5 Å². The van der Waals surface area contributed by atoms with Crippen LogP contribution in [0.5, 0.6) is 11.5 Å². The molecule has 33 heavy (non-hydrogen) atoms. The highest BCUT2D eigenvalue weighted by molar-refractivity contribution is 5.92. The zero-order valence-electron chi connectivity index (χ0n) is 18.2. The molecule has 0 unspecified atom stereocenters. The number of aromatic hydroxyl groups is 1. The highest BCUT2D eigenvalue weighted by atomic mass is 19.1. The number of aromatic amines is 1. The second kappa shape index (κ2) is 9.14. The number of amides is 1. The number of carbonyl (C=O) groups excluding carboxylic acids is 1. The molecule has 2 aromatic heterocycles. The Morgan fingerprint density at radius 2 is 2.15 bits per heavy atom. The number of hydrogen-bond donors (Lipinski definition) is 3. The Bertz CT molecular complexity index is 1290. The molecule has 1 atom stereocenters. The van der Waals surface area contributed by atoms with Crippen LogP contribution in [-0.2, 0) is 13.0 Å². The van der Waals surface area contributed by atoms with E-state index in [2.05, 4.69) is 27.1 Å². The molecular weight excluding hydrogens is 434 g/mol. The van der Waals surface area contributed by atoms with Crippen molar-refractivity contribution in [3.63, 3.8) is 0 Å². The van der Waals surface area contributed by atoms with Crippen molar-refractivity contribution < 1.29 is 26.3 Å². The first-order chi connectivity index (χ1) is 15.8. The van der Waals surface area contributed by atoms with Crippen LogP contribution in [0.3, 0.4) is 0 Å². The number of pyridine rings is 2. The van der Waals surface area contributed by atoms with Crippen molar-refractivity contribution in [2.45, 2.75) is 32.4 Å². The number of benzene rings is 1. The van der Waals surface area contributed by atoms with Crippen LogP contribution >= 0.6 is 0 Å². The number of nitrogens with zero attached hydrogens (tertiary/aromatic N) is 2. The molecule has 1 aromatic carbocycles. The van der Waals surface area contributed by atoms with E-state index in [1.165, 1.54) is 13.1 Å². The first-order valence-electron chi connectivity index (χ1n) is 10.6. The van der Waals surface area contributed by atoms with Gasteiger partial charge in [-0.15, -0.1) is 0 Å². The van der Waals surface area contributed by atoms with Gasteiger partial charge in [0.25, 0.3) is 17.4 Å². The van der Waals surface area contributed by atoms with Crippen molar-refractivity contribution in [1.29, 1.82) is 0 Å². The average Bonchev–Trinajstić information content (AvgIpc) is 3.31. The van der Waals surface area contributed by atoms with Crippen molar-refractivity contribution in [2.75, 3.05) is 20.2 Å². The van der Waals surface area contributed by atoms with E-state index in [-0.39, 0.29) is 25.4 Å². The molecule has 2 aliphatic rings. The summed E-state index contributed by atoms with van der Waals surface area (Å²) < 4.78 is 32.8. The van der Waals surface area contributed by atoms with Gasteiger partial charge in [0.15, 0.2) is 11.6 Å². The Kier molecular flexibility index (Phi) is 6.28. The first-order valence-corrected chi connectivity index (χ1v) is 10.6. The summed E-state index contributed by atoms with van der Waals surface area (Å²) in [7, 11) is 1.41. The summed E-state index contributed by atoms with van der Waals surface area (Å²) in [6.45, 7) is 4.22. The molecular formula is C23H28F2N4O4. The number of hydrogen-bond acceptors (Lipinski definition) is 6. The van der Waals surface area contributed by atoms with Crippen molar-refractivity contribution in [3.8, 4) is 11.5 Å². The highest BCUT2D eigenvalue weighted by Crippen LogP contribution is 2.33. The predicted octanol–water partition coefficient (Wildman–Crippen LogP) is 2.97. The van der Waals surface area contributed by atoms with Crippen molar-refractivity contribution in [2.24, 2.45) is 0 Å². The molecule has 1 fully saturated rings. The lowest BCUT2D eigenvalue weighted by atomic mass is 10.0. The summed E-state index contributed by atoms with van der Waals surface area (Å²) in [6.07, 6.45) is 1.75. The molecule has 3 aromatic rings. The summed E-state index contributed by atoms with van der Waals surface area (Å²) in [5.74, 6) is -1.88. The lowest BCUT2D eigenvalue weighted by Crippen LogP contribution is -2.44. The topological polar surface area (TPSA) is 108 Å². The van der Waals surface area contributed by atoms with Crippen LogP contribution in [0, 0.1) is 11.8 Å². The maximum Gasteiger partial charge on any atom is 0.269 e. The lowest BCUT2D eigenvalue weighted by molar-refractivity contribution is 0.0946. The standard InChI is InChI=1S/C16H17FN2O2.C7H7FN2O2.2H2/c1-9-4-6-19(9)8-10-2-3-11-14(13(10)17)18-16(20)12-5-7-21-15(11)12;1-9-7(12)4-2-3-5(11)6(8)10-4;;/h2-3,9H,4-8H2,1H3,(H,18,20);2-3,11H,1H3,(H,9,12);2*1H/t9-;;;/m1.../s1. The zero-order valence-corrected chi connectivity index (χ0v) is 18.2. The summed E-state index contributed by atoms with van der Waals surface area (Å²) in [4.78, 5) is 31.0. The van der Waals surface area contributed by atoms with Crippen LogP contribution in [0.15, 0.2) is 29.1 Å². The molecule has 0 bridgehead atoms. The van der Waals surface area contributed by atoms with E-state index in [4.69, 9.17) is 9.84 Å². The lowest BCUT2D eigenvalue weighted by Gasteiger charge is -2.38. The molecule has 10 heteroatoms. The Labute approximate surface area is 191 Å². The van der Waals surface area contributed by atoms with E-state index in [1.807, 2.05) is 12.1 Å². The van der Waals surface area contributed by atoms with Crippen LogP contribution in [0.25, 0.3) is 10.9 Å². The molecule has 0 spiro atoms. The van der Waals surface area contributed by atoms with Crippen molar-refractivity contribution in [1.82, 2.24) is 20.2 Å². The molecule has 1 saturated heterocycles. The van der Waals surface area contributed by atoms with Crippen molar-refractivity contribution >= 4 is 16.8 Å². The number of aromatic nitrogens is 2. The Hall–Kier alpha value is -3.53. The SMILES string of the molecule is CNC(=O)c1ccc(O)c(F)n1.C[C@@H]1CCN1Cc1ccc2c3c(c(=O)[nH]c2c1F)CCO3.[HH].[HH]. The van der Waals surface area contributed by atoms with Gasteiger partial charge in [0, 0.05) is 46.4 Å². The number of ether oxygens (including phenoxy) is 1. The second-order valence-corrected chi connectivity index (χ2v) is 8.02. The van der Waals surface area contributed by atoms with Gasteiger partial charge >= 0.3 is 0 Å². The van der Waals surface area contributed by atoms with Crippen LogP contribution in [0.1, 0.15) is 37.8 Å². The third-order valence-electron chi connectivity index (χ3n) is 5.97. The van der Waals surface area contributed by atoms with Gasteiger partial charge in [0.05, 0.1) is 17.7 Å². The molecule has 2 aliphatic heterocycles. The molecule has 0 saturated carbocycles. The number of carbonyl (C=O) groups is 1. The van der Waals surface area contributed by atoms with Gasteiger partial charge in [-0.2, -0.15) is 4.39 Å². The van der Waals surface area contributed by atoms with Crippen molar-refractivity contribution in [3.05, 3.63) is 63.2 Å². The number of H-pyrrole nitrogens is 1. The summed E-state index contributed by atoms with van der Waals surface area (Å²) in [5, 5.41) is 11.7. The Balaban J connectivity index is 0.000000268. The largest absolute Gasteiger partial charge is 0.504 e. The molecule has 0 radical (unpaired) electrons. The van der Waals surface area contributed by atoms with E-state index >= 15 is 0 Å². The number of rotatable bonds is 3. The van der Waals surface area contributed by atoms with Gasteiger partial charge in [0.2, 0.25) is 0 Å². The van der Waals surface area contributed by atoms with Gasteiger partial charge in [0.1, 0.15) is 11.4 Å². The van der Waals surface area contributed by atoms with E-state index in [9.17, 15) is 18.4 Å². The molecule has 4 heterocycles. The third-order valence-corrected chi connectivity index (χ3v) is 5.97. The summed E-state index contributed by atoms with van der Waals surface area (Å²) >= 11 is 0. The molecule has 5 rings (SSSR count). The van der Waals surface area contributed by atoms with E-state index in [1.54, 1.807) is 0 Å². The van der Waals surface area contributed by atoms with Gasteiger partial charge < -0.3 is 20.1 Å². The van der Waals surface area contributed by atoms with Crippen LogP contribution in [0.4, 0.5) is 8.78 Å². The van der Waals surface area contributed by atoms with Gasteiger partial charge in [-0.05, 0) is 31.5 Å². The quantitative estimate of drug-likeness (QED) is 0.517. The Morgan fingerprint density at radius 1 is 1.36 bits per heavy atom. The van der Waals surface area contributed by atoms with E-state index in [0.717, 1.165) is 19.0 Å². The molecule has 1 amide bonds. The first kappa shape index (κ1) is 22.7. The minimum Gasteiger partial charge on any atom is -0.504 e. The average molecular weight is 462 g/mol. The minimum atomic E-state index is -1.05. The fourth-order valence-corrected chi connectivity index (χ4v) is 3.86. The summed E-state index contributed by atoms with van der Waals surface area (Å²) in [5.41, 5.74) is 1.23. The second-order valence-electron chi connectivity index (χ2n) is 8.02. The highest BCUT2D eigenvalue weighted by Gasteiger charge is 2.26. The predicted molar refractivity (Wildman–Crippen MR) is 122 cm³/mol. The third kappa shape index (κ3) is 4.38. The smallest absolute Gasteiger partial charge is 0.269 e. The maximum absolute atomic E-state index is 14.7. The zero-order chi connectivity index (χ0) is 23.7. The summed E-state index contributed by atoms with van der Waals surface area (Å²) in [6, 6.07) is 6.48. The van der Waals surface area contributed by atoms with Gasteiger partial charge in [-0.1, -0.05) is 6.07 Å². The fraction of sp³-hybridized carbons (Fsp3) is 0.348. The monoisotopic (exact) mass is 462 g/mol. The molecule has 8 nitrogen and oxygen atoms in total. The van der Waals surface area contributed by atoms with Crippen LogP contribution in [-0.4, -0.2) is 52.1 Å². The number of halogens is 2. The Morgan fingerprint density at radius 3 is 2.79 bits per heavy atom. The number of fused-ring (bicyclic) bond motifs is 3. The maximum atomic E-state index is 14.7. The molecule has 0 aliphatic carbocycles. The van der Waals surface area contributed by atoms with E-state index in [0.29, 0.717) is 47.9 Å². The van der Waals surface area contributed by atoms with Crippen LogP contribution < -0.4 is 15.6 Å². The minimum absolute atomic E-state index is 0. The normalized spacial score (nSPS) is 16.9. The number of likely N-dealkylation sites (tertiary alicyclic amines) is 1. The fourth-order valence-electron chi connectivity index (χ4n) is 3.86. The molecule has 178 valence electrons. The van der Waals surface area contributed by atoms with Crippen LogP contribution in [0.2, 0.25) is 0 Å². The van der Waals surface area contributed by atoms with E-state index < -0.39 is 17.6 Å². The van der Waals surface area contributed by atoms with Gasteiger partial charge in [-0.25, -0.2) is 9.37 Å². The molecule has 3 N–H and O–H groups in total.